The molecule has 0 aliphatic heterocycles. The van der Waals surface area contributed by atoms with Gasteiger partial charge in [0, 0.05) is 0 Å². The molecular formula is C11H16N4O. The van der Waals surface area contributed by atoms with Gasteiger partial charge < -0.3 is 10.5 Å². The molecule has 1 aliphatic rings. The number of nitrogens with two attached hydrogens (primary N) is 1. The van der Waals surface area contributed by atoms with Crippen LogP contribution in [0.3, 0.4) is 0 Å². The van der Waals surface area contributed by atoms with Crippen LogP contribution < -0.4 is 10.5 Å². The largest absolute Gasteiger partial charge is 0.476 e. The van der Waals surface area contributed by atoms with Crippen molar-refractivity contribution in [3.63, 3.8) is 0 Å². The van der Waals surface area contributed by atoms with Crippen molar-refractivity contribution in [1.29, 1.82) is 5.41 Å². The van der Waals surface area contributed by atoms with Crippen LogP contribution >= 0.6 is 0 Å². The molecule has 0 atom stereocenters. The third-order valence-electron chi connectivity index (χ3n) is 2.84. The van der Waals surface area contributed by atoms with Crippen LogP contribution in [0.15, 0.2) is 0 Å². The van der Waals surface area contributed by atoms with Crippen molar-refractivity contribution in [3.05, 3.63) is 16.8 Å². The van der Waals surface area contributed by atoms with E-state index in [9.17, 15) is 0 Å². The van der Waals surface area contributed by atoms with Crippen LogP contribution in [0.2, 0.25) is 0 Å². The second-order valence-corrected chi connectivity index (χ2v) is 4.26. The Morgan fingerprint density at radius 3 is 2.69 bits per heavy atom. The van der Waals surface area contributed by atoms with Gasteiger partial charge in [-0.1, -0.05) is 0 Å². The van der Waals surface area contributed by atoms with Gasteiger partial charge in [-0.2, -0.15) is 5.10 Å². The van der Waals surface area contributed by atoms with Crippen LogP contribution in [0.5, 0.6) is 5.88 Å². The summed E-state index contributed by atoms with van der Waals surface area (Å²) in [4.78, 5) is 0. The summed E-state index contributed by atoms with van der Waals surface area (Å²) in [5.74, 6) is 1.02. The number of nitrogens with one attached hydrogen (secondary N) is 1. The van der Waals surface area contributed by atoms with Gasteiger partial charge in [-0.25, -0.2) is 0 Å². The maximum atomic E-state index is 7.55. The van der Waals surface area contributed by atoms with E-state index in [0.717, 1.165) is 11.3 Å². The lowest BCUT2D eigenvalue weighted by molar-refractivity contribution is 0.284. The van der Waals surface area contributed by atoms with Crippen LogP contribution in [0.4, 0.5) is 0 Å². The second kappa shape index (κ2) is 4.08. The molecule has 0 bridgehead atoms. The zero-order valence-electron chi connectivity index (χ0n) is 9.58. The smallest absolute Gasteiger partial charge is 0.244 e. The number of aryl methyl sites for hydroxylation is 1. The molecule has 1 heterocycles. The lowest BCUT2D eigenvalue weighted by Crippen LogP contribution is -2.18. The first-order valence-corrected chi connectivity index (χ1v) is 5.40. The van der Waals surface area contributed by atoms with Crippen molar-refractivity contribution in [1.82, 2.24) is 10.2 Å². The van der Waals surface area contributed by atoms with E-state index in [1.54, 1.807) is 0 Å². The van der Waals surface area contributed by atoms with Crippen LogP contribution in [0.25, 0.3) is 0 Å². The quantitative estimate of drug-likeness (QED) is 0.589. The second-order valence-electron chi connectivity index (χ2n) is 4.26. The van der Waals surface area contributed by atoms with Crippen molar-refractivity contribution in [2.75, 3.05) is 6.61 Å². The molecule has 5 nitrogen and oxygen atoms in total. The summed E-state index contributed by atoms with van der Waals surface area (Å²) >= 11 is 0. The zero-order chi connectivity index (χ0) is 11.7. The molecule has 86 valence electrons. The van der Waals surface area contributed by atoms with Gasteiger partial charge in [0.25, 0.3) is 0 Å². The minimum Gasteiger partial charge on any atom is -0.476 e. The van der Waals surface area contributed by atoms with Gasteiger partial charge in [-0.15, -0.1) is 5.10 Å². The Hall–Kier alpha value is -1.65. The predicted octanol–water partition coefficient (Wildman–Crippen LogP) is 1.17. The number of amidine groups is 1. The van der Waals surface area contributed by atoms with Crippen molar-refractivity contribution in [3.8, 4) is 5.88 Å². The molecule has 3 N–H and O–H groups in total. The maximum Gasteiger partial charge on any atom is 0.244 e. The Balaban J connectivity index is 2.27. The number of nitrogens with zero attached hydrogens (tertiary/aromatic N) is 2. The van der Waals surface area contributed by atoms with Gasteiger partial charge in [0.15, 0.2) is 0 Å². The highest BCUT2D eigenvalue weighted by atomic mass is 16.5. The van der Waals surface area contributed by atoms with Crippen LogP contribution in [-0.2, 0) is 0 Å². The zero-order valence-corrected chi connectivity index (χ0v) is 9.58. The van der Waals surface area contributed by atoms with Gasteiger partial charge in [-0.05, 0) is 38.2 Å². The summed E-state index contributed by atoms with van der Waals surface area (Å²) < 4.78 is 5.56. The third kappa shape index (κ3) is 2.13. The fourth-order valence-corrected chi connectivity index (χ4v) is 1.49. The van der Waals surface area contributed by atoms with Gasteiger partial charge >= 0.3 is 0 Å². The van der Waals surface area contributed by atoms with E-state index in [0.29, 0.717) is 24.0 Å². The first-order chi connectivity index (χ1) is 7.59. The van der Waals surface area contributed by atoms with E-state index in [1.807, 2.05) is 13.8 Å². The Kier molecular flexibility index (Phi) is 2.77. The fourth-order valence-electron chi connectivity index (χ4n) is 1.49. The molecule has 1 fully saturated rings. The highest BCUT2D eigenvalue weighted by molar-refractivity contribution is 5.98. The standard InChI is InChI=1S/C11H16N4O/c1-6-7(2)14-15-11(9(6)10(12)13)16-5-8-3-4-8/h8H,3-5H2,1-2H3,(H3,12,13). The minimum atomic E-state index is -0.0127. The summed E-state index contributed by atoms with van der Waals surface area (Å²) in [7, 11) is 0. The predicted molar refractivity (Wildman–Crippen MR) is 60.7 cm³/mol. The van der Waals surface area contributed by atoms with E-state index in [4.69, 9.17) is 15.9 Å². The fraction of sp³-hybridized carbons (Fsp3) is 0.545. The normalized spacial score (nSPS) is 14.9. The van der Waals surface area contributed by atoms with Crippen molar-refractivity contribution >= 4 is 5.84 Å². The van der Waals surface area contributed by atoms with E-state index in [1.165, 1.54) is 12.8 Å². The molecule has 1 saturated carbocycles. The average Bonchev–Trinajstić information content (AvgIpc) is 3.03. The van der Waals surface area contributed by atoms with Gasteiger partial charge in [-0.3, -0.25) is 5.41 Å². The lowest BCUT2D eigenvalue weighted by Gasteiger charge is -2.11. The molecule has 2 rings (SSSR count). The van der Waals surface area contributed by atoms with Gasteiger partial charge in [0.1, 0.15) is 5.84 Å². The molecule has 5 heteroatoms. The van der Waals surface area contributed by atoms with Crippen molar-refractivity contribution in [2.45, 2.75) is 26.7 Å². The number of rotatable bonds is 4. The molecule has 0 amide bonds. The minimum absolute atomic E-state index is 0.0127. The maximum absolute atomic E-state index is 7.55. The number of aromatic nitrogens is 2. The molecule has 0 spiro atoms. The molecule has 0 saturated heterocycles. The average molecular weight is 220 g/mol. The highest BCUT2D eigenvalue weighted by Gasteiger charge is 2.23. The summed E-state index contributed by atoms with van der Waals surface area (Å²) in [6.45, 7) is 4.38. The summed E-state index contributed by atoms with van der Waals surface area (Å²) in [5.41, 5.74) is 7.77. The van der Waals surface area contributed by atoms with Crippen LogP contribution in [0, 0.1) is 25.2 Å². The molecule has 0 radical (unpaired) electrons. The Labute approximate surface area is 94.5 Å². The van der Waals surface area contributed by atoms with Crippen molar-refractivity contribution in [2.24, 2.45) is 11.7 Å². The Morgan fingerprint density at radius 1 is 1.44 bits per heavy atom. The summed E-state index contributed by atoms with van der Waals surface area (Å²) in [5, 5.41) is 15.5. The van der Waals surface area contributed by atoms with E-state index in [-0.39, 0.29) is 5.84 Å². The first kappa shape index (κ1) is 10.9. The van der Waals surface area contributed by atoms with Crippen LogP contribution in [-0.4, -0.2) is 22.6 Å². The number of hydrogen-bond donors (Lipinski definition) is 2. The van der Waals surface area contributed by atoms with Gasteiger partial charge in [0.05, 0.1) is 17.9 Å². The molecule has 0 aromatic carbocycles. The van der Waals surface area contributed by atoms with Gasteiger partial charge in [0.2, 0.25) is 5.88 Å². The molecule has 16 heavy (non-hydrogen) atoms. The monoisotopic (exact) mass is 220 g/mol. The summed E-state index contributed by atoms with van der Waals surface area (Å²) in [6.07, 6.45) is 2.43. The SMILES string of the molecule is Cc1nnc(OCC2CC2)c(C(=N)N)c1C. The highest BCUT2D eigenvalue weighted by Crippen LogP contribution is 2.30. The number of hydrogen-bond acceptors (Lipinski definition) is 4. The van der Waals surface area contributed by atoms with Crippen LogP contribution in [0.1, 0.15) is 29.7 Å². The first-order valence-electron chi connectivity index (χ1n) is 5.40. The number of nitrogen functional groups attached to an aromatic ring is 1. The molecule has 0 unspecified atom stereocenters. The summed E-state index contributed by atoms with van der Waals surface area (Å²) in [6, 6.07) is 0. The van der Waals surface area contributed by atoms with E-state index < -0.39 is 0 Å². The molecular weight excluding hydrogens is 204 g/mol. The Bertz CT molecular complexity index is 426. The molecule has 1 aromatic rings. The third-order valence-corrected chi connectivity index (χ3v) is 2.84. The topological polar surface area (TPSA) is 84.9 Å². The molecule has 1 aromatic heterocycles. The molecule has 1 aliphatic carbocycles. The number of ether oxygens (including phenoxy) is 1. The lowest BCUT2D eigenvalue weighted by atomic mass is 10.1. The van der Waals surface area contributed by atoms with Crippen molar-refractivity contribution < 1.29 is 4.74 Å². The van der Waals surface area contributed by atoms with E-state index in [2.05, 4.69) is 10.2 Å². The van der Waals surface area contributed by atoms with E-state index >= 15 is 0 Å². The Morgan fingerprint density at radius 2 is 2.12 bits per heavy atom.